The van der Waals surface area contributed by atoms with Crippen LogP contribution in [0.25, 0.3) is 0 Å². The van der Waals surface area contributed by atoms with E-state index >= 15 is 0 Å². The number of carbonyl (C=O) groups excluding carboxylic acids is 2. The molecule has 6 nitrogen and oxygen atoms in total. The molecule has 0 unspecified atom stereocenters. The van der Waals surface area contributed by atoms with E-state index in [9.17, 15) is 18.0 Å². The molecule has 0 radical (unpaired) electrons. The zero-order valence-electron chi connectivity index (χ0n) is 16.3. The highest BCUT2D eigenvalue weighted by molar-refractivity contribution is 9.10. The highest BCUT2D eigenvalue weighted by Crippen LogP contribution is 2.24. The standard InChI is InChI=1S/C23H19BrN2O4S/c24-16-10-8-15(9-11-16)22(27)20-6-1-2-7-21(20)23(28)25-18-4-3-5-19(14-18)31(29,30)26-17-12-13-17/h1-11,14,17,26H,12-13H2,(H,25,28). The molecule has 0 atom stereocenters. The maximum absolute atomic E-state index is 12.9. The lowest BCUT2D eigenvalue weighted by molar-refractivity contribution is 0.0996. The van der Waals surface area contributed by atoms with Gasteiger partial charge in [0.25, 0.3) is 5.91 Å². The third-order valence-electron chi connectivity index (χ3n) is 4.82. The molecule has 8 heteroatoms. The van der Waals surface area contributed by atoms with Crippen LogP contribution in [0.1, 0.15) is 39.1 Å². The van der Waals surface area contributed by atoms with Crippen LogP contribution >= 0.6 is 15.9 Å². The SMILES string of the molecule is O=C(Nc1cccc(S(=O)(=O)NC2CC2)c1)c1ccccc1C(=O)c1ccc(Br)cc1. The Hall–Kier alpha value is -2.81. The summed E-state index contributed by atoms with van der Waals surface area (Å²) in [6.07, 6.45) is 1.66. The number of halogens is 1. The molecule has 0 saturated heterocycles. The van der Waals surface area contributed by atoms with Crippen molar-refractivity contribution in [2.45, 2.75) is 23.8 Å². The Kier molecular flexibility index (Phi) is 6.04. The Bertz CT molecular complexity index is 1250. The fraction of sp³-hybridized carbons (Fsp3) is 0.130. The van der Waals surface area contributed by atoms with Gasteiger partial charge < -0.3 is 5.32 Å². The first-order chi connectivity index (χ1) is 14.8. The van der Waals surface area contributed by atoms with Crippen molar-refractivity contribution in [1.29, 1.82) is 0 Å². The number of carbonyl (C=O) groups is 2. The Morgan fingerprint density at radius 1 is 0.871 bits per heavy atom. The zero-order chi connectivity index (χ0) is 22.0. The quantitative estimate of drug-likeness (QED) is 0.473. The van der Waals surface area contributed by atoms with Crippen LogP contribution in [0.15, 0.2) is 82.2 Å². The summed E-state index contributed by atoms with van der Waals surface area (Å²) in [5.74, 6) is -0.769. The molecule has 1 aliphatic rings. The molecule has 1 fully saturated rings. The largest absolute Gasteiger partial charge is 0.322 e. The van der Waals surface area contributed by atoms with E-state index in [0.29, 0.717) is 11.3 Å². The first-order valence-corrected chi connectivity index (χ1v) is 11.9. The predicted molar refractivity (Wildman–Crippen MR) is 122 cm³/mol. The summed E-state index contributed by atoms with van der Waals surface area (Å²) < 4.78 is 28.4. The molecule has 0 spiro atoms. The number of sulfonamides is 1. The summed E-state index contributed by atoms with van der Waals surface area (Å²) in [5, 5.41) is 2.70. The summed E-state index contributed by atoms with van der Waals surface area (Å²) in [6.45, 7) is 0. The van der Waals surface area contributed by atoms with E-state index < -0.39 is 15.9 Å². The van der Waals surface area contributed by atoms with E-state index in [1.54, 1.807) is 60.7 Å². The monoisotopic (exact) mass is 498 g/mol. The van der Waals surface area contributed by atoms with Crippen LogP contribution in [-0.2, 0) is 10.0 Å². The van der Waals surface area contributed by atoms with Gasteiger partial charge in [0.2, 0.25) is 10.0 Å². The minimum atomic E-state index is -3.64. The van der Waals surface area contributed by atoms with E-state index in [2.05, 4.69) is 26.0 Å². The van der Waals surface area contributed by atoms with Crippen LogP contribution in [0.5, 0.6) is 0 Å². The van der Waals surface area contributed by atoms with Crippen molar-refractivity contribution < 1.29 is 18.0 Å². The fourth-order valence-electron chi connectivity index (χ4n) is 3.06. The van der Waals surface area contributed by atoms with E-state index in [1.807, 2.05) is 0 Å². The summed E-state index contributed by atoms with van der Waals surface area (Å²) in [4.78, 5) is 26.0. The number of hydrogen-bond donors (Lipinski definition) is 2. The van der Waals surface area contributed by atoms with Gasteiger partial charge in [0.15, 0.2) is 5.78 Å². The van der Waals surface area contributed by atoms with Crippen molar-refractivity contribution in [3.05, 3.63) is 94.0 Å². The molecule has 4 rings (SSSR count). The van der Waals surface area contributed by atoms with Gasteiger partial charge in [-0.1, -0.05) is 40.2 Å². The molecule has 0 aliphatic heterocycles. The van der Waals surface area contributed by atoms with Gasteiger partial charge in [-0.25, -0.2) is 13.1 Å². The number of ketones is 1. The Balaban J connectivity index is 1.58. The Morgan fingerprint density at radius 3 is 2.23 bits per heavy atom. The molecule has 31 heavy (non-hydrogen) atoms. The van der Waals surface area contributed by atoms with Crippen molar-refractivity contribution in [3.63, 3.8) is 0 Å². The molecule has 0 heterocycles. The summed E-state index contributed by atoms with van der Waals surface area (Å²) >= 11 is 3.34. The van der Waals surface area contributed by atoms with Gasteiger partial charge in [-0.15, -0.1) is 0 Å². The second-order valence-electron chi connectivity index (χ2n) is 7.26. The normalized spacial score (nSPS) is 13.6. The molecule has 1 amide bonds. The lowest BCUT2D eigenvalue weighted by Gasteiger charge is -2.11. The molecule has 1 saturated carbocycles. The van der Waals surface area contributed by atoms with Crippen molar-refractivity contribution in [3.8, 4) is 0 Å². The molecular formula is C23H19BrN2O4S. The lowest BCUT2D eigenvalue weighted by Crippen LogP contribution is -2.25. The zero-order valence-corrected chi connectivity index (χ0v) is 18.7. The average molecular weight is 499 g/mol. The van der Waals surface area contributed by atoms with E-state index in [-0.39, 0.29) is 27.8 Å². The van der Waals surface area contributed by atoms with E-state index in [1.165, 1.54) is 12.1 Å². The number of hydrogen-bond acceptors (Lipinski definition) is 4. The van der Waals surface area contributed by atoms with Crippen molar-refractivity contribution >= 4 is 43.3 Å². The smallest absolute Gasteiger partial charge is 0.256 e. The van der Waals surface area contributed by atoms with Crippen molar-refractivity contribution in [2.75, 3.05) is 5.32 Å². The lowest BCUT2D eigenvalue weighted by atomic mass is 9.98. The Morgan fingerprint density at radius 2 is 1.55 bits per heavy atom. The van der Waals surface area contributed by atoms with E-state index in [4.69, 9.17) is 0 Å². The van der Waals surface area contributed by atoms with Gasteiger partial charge in [-0.05, 0) is 61.4 Å². The number of anilines is 1. The summed E-state index contributed by atoms with van der Waals surface area (Å²) in [7, 11) is -3.64. The molecule has 2 N–H and O–H groups in total. The molecule has 3 aromatic carbocycles. The van der Waals surface area contributed by atoms with Crippen LogP contribution in [0.4, 0.5) is 5.69 Å². The van der Waals surface area contributed by atoms with Gasteiger partial charge in [-0.3, -0.25) is 9.59 Å². The van der Waals surface area contributed by atoms with Crippen LogP contribution in [0, 0.1) is 0 Å². The average Bonchev–Trinajstić information content (AvgIpc) is 3.57. The number of amides is 1. The van der Waals surface area contributed by atoms with Crippen LogP contribution in [0.3, 0.4) is 0 Å². The first kappa shape index (κ1) is 21.4. The third kappa shape index (κ3) is 5.10. The first-order valence-electron chi connectivity index (χ1n) is 9.66. The molecule has 0 aromatic heterocycles. The Labute approximate surface area is 188 Å². The van der Waals surface area contributed by atoms with Gasteiger partial charge >= 0.3 is 0 Å². The van der Waals surface area contributed by atoms with Crippen LogP contribution < -0.4 is 10.0 Å². The summed E-state index contributed by atoms with van der Waals surface area (Å²) in [5.41, 5.74) is 1.26. The van der Waals surface area contributed by atoms with E-state index in [0.717, 1.165) is 17.3 Å². The minimum Gasteiger partial charge on any atom is -0.322 e. The molecule has 0 bridgehead atoms. The third-order valence-corrected chi connectivity index (χ3v) is 6.87. The second kappa shape index (κ2) is 8.74. The molecular weight excluding hydrogens is 480 g/mol. The molecule has 1 aliphatic carbocycles. The molecule has 158 valence electrons. The fourth-order valence-corrected chi connectivity index (χ4v) is 4.68. The minimum absolute atomic E-state index is 0.0141. The maximum atomic E-state index is 12.9. The van der Waals surface area contributed by atoms with Gasteiger partial charge in [0, 0.05) is 27.3 Å². The topological polar surface area (TPSA) is 92.3 Å². The predicted octanol–water partition coefficient (Wildman–Crippen LogP) is 4.37. The van der Waals surface area contributed by atoms with Crippen molar-refractivity contribution in [2.24, 2.45) is 0 Å². The van der Waals surface area contributed by atoms with Crippen molar-refractivity contribution in [1.82, 2.24) is 4.72 Å². The highest BCUT2D eigenvalue weighted by atomic mass is 79.9. The van der Waals surface area contributed by atoms with Gasteiger partial charge in [0.1, 0.15) is 0 Å². The highest BCUT2D eigenvalue weighted by Gasteiger charge is 2.28. The van der Waals surface area contributed by atoms with Crippen LogP contribution in [-0.4, -0.2) is 26.2 Å². The van der Waals surface area contributed by atoms with Crippen LogP contribution in [0.2, 0.25) is 0 Å². The van der Waals surface area contributed by atoms with Gasteiger partial charge in [0.05, 0.1) is 10.5 Å². The summed E-state index contributed by atoms with van der Waals surface area (Å²) in [6, 6.07) is 19.5. The second-order valence-corrected chi connectivity index (χ2v) is 9.89. The maximum Gasteiger partial charge on any atom is 0.256 e. The number of nitrogens with one attached hydrogen (secondary N) is 2. The van der Waals surface area contributed by atoms with Gasteiger partial charge in [-0.2, -0.15) is 0 Å². The number of rotatable bonds is 7. The molecule has 3 aromatic rings. The number of benzene rings is 3.